The van der Waals surface area contributed by atoms with Crippen LogP contribution < -0.4 is 0 Å². The first-order chi connectivity index (χ1) is 7.81. The average molecular weight is 234 g/mol. The summed E-state index contributed by atoms with van der Waals surface area (Å²) in [6, 6.07) is 0. The zero-order valence-electron chi connectivity index (χ0n) is 8.66. The number of nitrogens with zero attached hydrogens (tertiary/aromatic N) is 4. The third-order valence-corrected chi connectivity index (χ3v) is 3.30. The lowest BCUT2D eigenvalue weighted by Gasteiger charge is -2.03. The molecular weight excluding hydrogens is 224 g/mol. The van der Waals surface area contributed by atoms with Crippen molar-refractivity contribution in [1.29, 1.82) is 0 Å². The third-order valence-electron chi connectivity index (χ3n) is 2.54. The van der Waals surface area contributed by atoms with Crippen LogP contribution in [-0.4, -0.2) is 24.0 Å². The van der Waals surface area contributed by atoms with E-state index in [1.54, 1.807) is 17.5 Å². The van der Waals surface area contributed by atoms with Crippen LogP contribution in [0.4, 0.5) is 0 Å². The minimum atomic E-state index is -0.0369. The number of imidazole rings is 2. The summed E-state index contributed by atoms with van der Waals surface area (Å²) < 4.78 is 3.78. The number of aromatic nitrogens is 4. The van der Waals surface area contributed by atoms with Crippen molar-refractivity contribution in [2.24, 2.45) is 0 Å². The molecule has 0 aromatic carbocycles. The van der Waals surface area contributed by atoms with Crippen LogP contribution >= 0.6 is 11.3 Å². The zero-order valence-corrected chi connectivity index (χ0v) is 9.48. The summed E-state index contributed by atoms with van der Waals surface area (Å²) in [6.07, 6.45) is 5.49. The molecule has 1 N–H and O–H groups in total. The van der Waals surface area contributed by atoms with Gasteiger partial charge in [0.25, 0.3) is 0 Å². The maximum absolute atomic E-state index is 9.42. The van der Waals surface area contributed by atoms with Gasteiger partial charge in [-0.1, -0.05) is 0 Å². The lowest BCUT2D eigenvalue weighted by molar-refractivity contribution is 0.275. The standard InChI is InChI=1S/C10H10N4OS/c1-7-11-2-3-13(7)9-8(6-15)14-4-5-16-10(14)12-9/h2-5,15H,6H2,1H3. The molecule has 3 rings (SSSR count). The van der Waals surface area contributed by atoms with Gasteiger partial charge in [-0.25, -0.2) is 9.97 Å². The lowest BCUT2D eigenvalue weighted by Crippen LogP contribution is -2.01. The van der Waals surface area contributed by atoms with Gasteiger partial charge in [-0.05, 0) is 6.92 Å². The molecule has 16 heavy (non-hydrogen) atoms. The number of hydrogen-bond donors (Lipinski definition) is 1. The summed E-state index contributed by atoms with van der Waals surface area (Å²) in [7, 11) is 0. The van der Waals surface area contributed by atoms with Gasteiger partial charge in [-0.3, -0.25) is 8.97 Å². The molecule has 3 heterocycles. The van der Waals surface area contributed by atoms with E-state index >= 15 is 0 Å². The molecule has 3 aromatic heterocycles. The summed E-state index contributed by atoms with van der Waals surface area (Å²) >= 11 is 1.55. The highest BCUT2D eigenvalue weighted by atomic mass is 32.1. The summed E-state index contributed by atoms with van der Waals surface area (Å²) in [5.74, 6) is 1.62. The minimum Gasteiger partial charge on any atom is -0.390 e. The molecule has 82 valence electrons. The van der Waals surface area contributed by atoms with E-state index < -0.39 is 0 Å². The molecule has 5 nitrogen and oxygen atoms in total. The Bertz CT molecular complexity index is 636. The van der Waals surface area contributed by atoms with Crippen molar-refractivity contribution >= 4 is 16.3 Å². The summed E-state index contributed by atoms with van der Waals surface area (Å²) in [5, 5.41) is 11.4. The molecule has 0 fully saturated rings. The van der Waals surface area contributed by atoms with Crippen molar-refractivity contribution in [2.75, 3.05) is 0 Å². The largest absolute Gasteiger partial charge is 0.390 e. The van der Waals surface area contributed by atoms with Crippen LogP contribution in [0.25, 0.3) is 10.8 Å². The van der Waals surface area contributed by atoms with Gasteiger partial charge >= 0.3 is 0 Å². The van der Waals surface area contributed by atoms with Crippen LogP contribution in [0.2, 0.25) is 0 Å². The molecule has 3 aromatic rings. The molecule has 0 aliphatic heterocycles. The second-order valence-corrected chi connectivity index (χ2v) is 4.31. The van der Waals surface area contributed by atoms with Gasteiger partial charge < -0.3 is 5.11 Å². The highest BCUT2D eigenvalue weighted by Crippen LogP contribution is 2.21. The van der Waals surface area contributed by atoms with Gasteiger partial charge in [-0.2, -0.15) is 0 Å². The average Bonchev–Trinajstić information content (AvgIpc) is 2.90. The molecule has 0 saturated carbocycles. The Labute approximate surface area is 95.6 Å². The molecule has 0 spiro atoms. The SMILES string of the molecule is Cc1nccn1-c1nc2sccn2c1CO. The Morgan fingerprint density at radius 1 is 1.44 bits per heavy atom. The fraction of sp³-hybridized carbons (Fsp3) is 0.200. The Kier molecular flexibility index (Phi) is 2.05. The minimum absolute atomic E-state index is 0.0369. The van der Waals surface area contributed by atoms with Crippen molar-refractivity contribution < 1.29 is 5.11 Å². The summed E-state index contributed by atoms with van der Waals surface area (Å²) in [5.41, 5.74) is 0.789. The molecule has 0 radical (unpaired) electrons. The molecule has 0 bridgehead atoms. The first-order valence-electron chi connectivity index (χ1n) is 4.87. The van der Waals surface area contributed by atoms with Gasteiger partial charge in [0.05, 0.1) is 12.3 Å². The van der Waals surface area contributed by atoms with Crippen LogP contribution in [0.1, 0.15) is 11.5 Å². The second kappa shape index (κ2) is 3.43. The van der Waals surface area contributed by atoms with Gasteiger partial charge in [0.15, 0.2) is 10.8 Å². The Hall–Kier alpha value is -1.66. The third kappa shape index (κ3) is 1.20. The highest BCUT2D eigenvalue weighted by molar-refractivity contribution is 7.15. The van der Waals surface area contributed by atoms with Crippen LogP contribution in [0, 0.1) is 6.92 Å². The number of aryl methyl sites for hydroxylation is 1. The Morgan fingerprint density at radius 2 is 2.31 bits per heavy atom. The normalized spacial score (nSPS) is 11.4. The predicted octanol–water partition coefficient (Wildman–Crippen LogP) is 1.38. The van der Waals surface area contributed by atoms with Crippen LogP contribution in [0.5, 0.6) is 0 Å². The van der Waals surface area contributed by atoms with E-state index in [9.17, 15) is 5.11 Å². The van der Waals surface area contributed by atoms with Gasteiger partial charge in [-0.15, -0.1) is 11.3 Å². The molecule has 0 saturated heterocycles. The molecule has 0 aliphatic carbocycles. The lowest BCUT2D eigenvalue weighted by atomic mass is 10.4. The number of rotatable bonds is 2. The fourth-order valence-electron chi connectivity index (χ4n) is 1.76. The molecule has 0 amide bonds. The molecule has 0 aliphatic rings. The molecule has 6 heteroatoms. The van der Waals surface area contributed by atoms with Crippen molar-refractivity contribution in [1.82, 2.24) is 18.9 Å². The van der Waals surface area contributed by atoms with E-state index in [4.69, 9.17) is 0 Å². The monoisotopic (exact) mass is 234 g/mol. The van der Waals surface area contributed by atoms with E-state index in [0.717, 1.165) is 22.3 Å². The van der Waals surface area contributed by atoms with Crippen LogP contribution in [0.15, 0.2) is 24.0 Å². The number of aliphatic hydroxyl groups excluding tert-OH is 1. The summed E-state index contributed by atoms with van der Waals surface area (Å²) in [4.78, 5) is 9.53. The molecular formula is C10H10N4OS. The Morgan fingerprint density at radius 3 is 3.00 bits per heavy atom. The first kappa shape index (κ1) is 9.56. The summed E-state index contributed by atoms with van der Waals surface area (Å²) in [6.45, 7) is 1.87. The van der Waals surface area contributed by atoms with E-state index in [0.29, 0.717) is 0 Å². The number of aliphatic hydroxyl groups is 1. The Balaban J connectivity index is 2.31. The smallest absolute Gasteiger partial charge is 0.195 e. The second-order valence-electron chi connectivity index (χ2n) is 3.44. The van der Waals surface area contributed by atoms with Crippen molar-refractivity contribution in [3.05, 3.63) is 35.5 Å². The fourth-order valence-corrected chi connectivity index (χ4v) is 2.49. The number of fused-ring (bicyclic) bond motifs is 1. The van der Waals surface area contributed by atoms with Gasteiger partial charge in [0.2, 0.25) is 0 Å². The maximum Gasteiger partial charge on any atom is 0.195 e. The van der Waals surface area contributed by atoms with Crippen molar-refractivity contribution in [2.45, 2.75) is 13.5 Å². The zero-order chi connectivity index (χ0) is 11.1. The van der Waals surface area contributed by atoms with Gasteiger partial charge in [0.1, 0.15) is 5.82 Å². The molecule has 0 atom stereocenters. The van der Waals surface area contributed by atoms with Crippen LogP contribution in [0.3, 0.4) is 0 Å². The molecule has 0 unspecified atom stereocenters. The van der Waals surface area contributed by atoms with Gasteiger partial charge in [0, 0.05) is 24.0 Å². The van der Waals surface area contributed by atoms with E-state index in [1.807, 2.05) is 33.7 Å². The topological polar surface area (TPSA) is 55.4 Å². The van der Waals surface area contributed by atoms with Crippen molar-refractivity contribution in [3.8, 4) is 5.82 Å². The first-order valence-corrected chi connectivity index (χ1v) is 5.75. The quantitative estimate of drug-likeness (QED) is 0.729. The van der Waals surface area contributed by atoms with Crippen molar-refractivity contribution in [3.63, 3.8) is 0 Å². The van der Waals surface area contributed by atoms with Crippen LogP contribution in [-0.2, 0) is 6.61 Å². The maximum atomic E-state index is 9.42. The van der Waals surface area contributed by atoms with E-state index in [1.165, 1.54) is 0 Å². The highest BCUT2D eigenvalue weighted by Gasteiger charge is 2.14. The number of thiazole rings is 1. The van der Waals surface area contributed by atoms with E-state index in [-0.39, 0.29) is 6.61 Å². The predicted molar refractivity (Wildman–Crippen MR) is 60.9 cm³/mol. The number of hydrogen-bond acceptors (Lipinski definition) is 4. The van der Waals surface area contributed by atoms with E-state index in [2.05, 4.69) is 9.97 Å².